The van der Waals surface area contributed by atoms with Crippen LogP contribution in [-0.2, 0) is 17.4 Å². The van der Waals surface area contributed by atoms with Gasteiger partial charge in [0.25, 0.3) is 0 Å². The van der Waals surface area contributed by atoms with Gasteiger partial charge in [0.15, 0.2) is 0 Å². The molecule has 0 heterocycles. The van der Waals surface area contributed by atoms with Crippen molar-refractivity contribution in [2.75, 3.05) is 0 Å². The molecule has 0 bridgehead atoms. The van der Waals surface area contributed by atoms with Crippen molar-refractivity contribution < 1.29 is 42.2 Å². The summed E-state index contributed by atoms with van der Waals surface area (Å²) in [6.45, 7) is 9.47. The fourth-order valence-electron chi connectivity index (χ4n) is 5.38. The molecule has 2 atom stereocenters. The number of halogens is 2. The number of hydrogen-bond donors (Lipinski definition) is 0. The second-order valence-electron chi connectivity index (χ2n) is 9.18. The summed E-state index contributed by atoms with van der Waals surface area (Å²) in [7, 11) is 0. The van der Waals surface area contributed by atoms with Crippen LogP contribution >= 0.6 is 0 Å². The van der Waals surface area contributed by atoms with Crippen LogP contribution < -0.4 is 24.8 Å². The first-order chi connectivity index (χ1) is 14.7. The fourth-order valence-corrected chi connectivity index (χ4v) is 11.0. The number of rotatable bonds is 8. The molecule has 0 saturated heterocycles. The molecule has 0 amide bonds. The average molecular weight is 503 g/mol. The van der Waals surface area contributed by atoms with Gasteiger partial charge in [-0.05, 0) is 0 Å². The van der Waals surface area contributed by atoms with Gasteiger partial charge >= 0.3 is 190 Å². The largest absolute Gasteiger partial charge is 1.00 e. The molecule has 170 valence electrons. The molecule has 2 aliphatic rings. The first kappa shape index (κ1) is 27.3. The Bertz CT molecular complexity index is 936. The predicted molar refractivity (Wildman–Crippen MR) is 130 cm³/mol. The summed E-state index contributed by atoms with van der Waals surface area (Å²) in [5, 5.41) is 0. The summed E-state index contributed by atoms with van der Waals surface area (Å²) >= 11 is -1.62. The molecule has 2 aromatic carbocycles. The van der Waals surface area contributed by atoms with Crippen molar-refractivity contribution in [3.05, 3.63) is 82.9 Å². The van der Waals surface area contributed by atoms with Crippen molar-refractivity contribution in [2.45, 2.75) is 74.7 Å². The van der Waals surface area contributed by atoms with Gasteiger partial charge in [0.05, 0.1) is 0 Å². The monoisotopic (exact) mass is 502 g/mol. The molecule has 2 unspecified atom stereocenters. The van der Waals surface area contributed by atoms with E-state index >= 15 is 0 Å². The first-order valence-corrected chi connectivity index (χ1v) is 14.5. The van der Waals surface area contributed by atoms with Crippen LogP contribution in [0.5, 0.6) is 0 Å². The van der Waals surface area contributed by atoms with Crippen molar-refractivity contribution in [1.29, 1.82) is 0 Å². The van der Waals surface area contributed by atoms with Gasteiger partial charge in [-0.15, -0.1) is 0 Å². The standard InChI is InChI=1S/2C13H15.C3H6.2ClH.Ti/c2*1-2-3-6-11-9-10-12-7-4-5-8-13(11)12;1-3-2;;;/h2*4-5,7-10H,2-3,6H2,1H3;1-2H3;2*1H;/q;;;;;+2/p-2. The van der Waals surface area contributed by atoms with Gasteiger partial charge in [-0.3, -0.25) is 0 Å². The number of benzene rings is 2. The summed E-state index contributed by atoms with van der Waals surface area (Å²) in [5.74, 6) is 0. The van der Waals surface area contributed by atoms with E-state index in [0.29, 0.717) is 8.45 Å². The van der Waals surface area contributed by atoms with Crippen LogP contribution in [0.15, 0.2) is 60.7 Å². The third kappa shape index (κ3) is 5.42. The van der Waals surface area contributed by atoms with E-state index in [0.717, 1.165) is 0 Å². The Balaban J connectivity index is 0.00000181. The van der Waals surface area contributed by atoms with E-state index in [9.17, 15) is 0 Å². The fraction of sp³-hybridized carbons (Fsp3) is 0.414. The smallest absolute Gasteiger partial charge is 1.00 e. The Morgan fingerprint density at radius 1 is 0.688 bits per heavy atom. The Hall–Kier alpha value is -0.916. The molecule has 0 saturated carbocycles. The van der Waals surface area contributed by atoms with Gasteiger partial charge in [0, 0.05) is 0 Å². The normalized spacial score (nSPS) is 17.7. The summed E-state index contributed by atoms with van der Waals surface area (Å²) in [6.07, 6.45) is 13.0. The van der Waals surface area contributed by atoms with E-state index in [4.69, 9.17) is 0 Å². The van der Waals surface area contributed by atoms with Gasteiger partial charge in [0.1, 0.15) is 0 Å². The quantitative estimate of drug-likeness (QED) is 0.486. The summed E-state index contributed by atoms with van der Waals surface area (Å²) in [4.78, 5) is 0. The third-order valence-corrected chi connectivity index (χ3v) is 12.3. The molecule has 32 heavy (non-hydrogen) atoms. The zero-order valence-electron chi connectivity index (χ0n) is 19.9. The van der Waals surface area contributed by atoms with Gasteiger partial charge in [0.2, 0.25) is 0 Å². The second kappa shape index (κ2) is 12.5. The Kier molecular flexibility index (Phi) is 10.7. The van der Waals surface area contributed by atoms with Crippen LogP contribution in [-0.4, -0.2) is 3.81 Å². The summed E-state index contributed by atoms with van der Waals surface area (Å²) in [6, 6.07) is 18.6. The topological polar surface area (TPSA) is 0 Å². The third-order valence-electron chi connectivity index (χ3n) is 6.87. The Morgan fingerprint density at radius 2 is 1.09 bits per heavy atom. The zero-order valence-corrected chi connectivity index (χ0v) is 23.0. The summed E-state index contributed by atoms with van der Waals surface area (Å²) in [5.41, 5.74) is 9.56. The van der Waals surface area contributed by atoms with E-state index in [2.05, 4.69) is 88.4 Å². The molecule has 0 aliphatic heterocycles. The molecule has 0 fully saturated rings. The molecular formula is C29H36Cl2Ti. The Labute approximate surface area is 213 Å². The van der Waals surface area contributed by atoms with Crippen LogP contribution in [0, 0.1) is 0 Å². The van der Waals surface area contributed by atoms with Crippen LogP contribution in [0.25, 0.3) is 11.1 Å². The minimum atomic E-state index is -1.62. The molecule has 4 rings (SSSR count). The van der Waals surface area contributed by atoms with E-state index in [1.807, 2.05) is 0 Å². The SMILES string of the molecule is CCCCC1=C[CH]([Ti+2](=[C](C)C)[CH]2C=C(CCCC)c3ccccc32)c2ccccc21.[Cl-].[Cl-]. The maximum atomic E-state index is 2.70. The van der Waals surface area contributed by atoms with Crippen LogP contribution in [0.4, 0.5) is 0 Å². The number of hydrogen-bond acceptors (Lipinski definition) is 0. The molecule has 0 nitrogen and oxygen atoms in total. The van der Waals surface area contributed by atoms with E-state index in [1.54, 1.807) is 37.2 Å². The van der Waals surface area contributed by atoms with Gasteiger partial charge in [-0.25, -0.2) is 0 Å². The molecule has 3 heteroatoms. The van der Waals surface area contributed by atoms with Crippen molar-refractivity contribution in [1.82, 2.24) is 0 Å². The van der Waals surface area contributed by atoms with E-state index < -0.39 is 17.4 Å². The van der Waals surface area contributed by atoms with Crippen molar-refractivity contribution in [3.63, 3.8) is 0 Å². The second-order valence-corrected chi connectivity index (χ2v) is 14.1. The average Bonchev–Trinajstić information content (AvgIpc) is 3.30. The van der Waals surface area contributed by atoms with Crippen LogP contribution in [0.1, 0.15) is 96.9 Å². The van der Waals surface area contributed by atoms with Crippen molar-refractivity contribution in [2.24, 2.45) is 0 Å². The number of unbranched alkanes of at least 4 members (excludes halogenated alkanes) is 2. The molecule has 0 aromatic heterocycles. The van der Waals surface area contributed by atoms with Gasteiger partial charge in [-0.2, -0.15) is 0 Å². The molecule has 2 aromatic rings. The first-order valence-electron chi connectivity index (χ1n) is 11.9. The van der Waals surface area contributed by atoms with Crippen molar-refractivity contribution >= 4 is 15.0 Å². The van der Waals surface area contributed by atoms with E-state index in [1.165, 1.54) is 38.5 Å². The summed E-state index contributed by atoms with van der Waals surface area (Å²) < 4.78 is 3.02. The van der Waals surface area contributed by atoms with Gasteiger partial charge < -0.3 is 24.8 Å². The molecular weight excluding hydrogens is 467 g/mol. The van der Waals surface area contributed by atoms with Gasteiger partial charge in [-0.1, -0.05) is 0 Å². The maximum Gasteiger partial charge on any atom is -1.00 e. The zero-order chi connectivity index (χ0) is 21.1. The maximum absolute atomic E-state index is 2.70. The Morgan fingerprint density at radius 3 is 1.47 bits per heavy atom. The van der Waals surface area contributed by atoms with Crippen LogP contribution in [0.3, 0.4) is 0 Å². The predicted octanol–water partition coefficient (Wildman–Crippen LogP) is 2.48. The number of allylic oxidation sites excluding steroid dienone is 4. The van der Waals surface area contributed by atoms with Crippen LogP contribution in [0.2, 0.25) is 0 Å². The molecule has 2 aliphatic carbocycles. The van der Waals surface area contributed by atoms with Crippen molar-refractivity contribution in [3.8, 4) is 0 Å². The molecule has 0 spiro atoms. The minimum Gasteiger partial charge on any atom is -1.00 e. The van der Waals surface area contributed by atoms with E-state index in [-0.39, 0.29) is 24.8 Å². The minimum absolute atomic E-state index is 0. The number of fused-ring (bicyclic) bond motifs is 2. The molecule has 0 N–H and O–H groups in total. The molecule has 0 radical (unpaired) electrons.